The molecule has 1 atom stereocenters. The summed E-state index contributed by atoms with van der Waals surface area (Å²) in [6, 6.07) is 12.0. The van der Waals surface area contributed by atoms with Crippen molar-refractivity contribution in [1.82, 2.24) is 14.9 Å². The van der Waals surface area contributed by atoms with Crippen molar-refractivity contribution >= 4 is 44.5 Å². The number of nitrogens with one attached hydrogen (secondary N) is 2. The van der Waals surface area contributed by atoms with Crippen LogP contribution >= 0.6 is 22.7 Å². The molecule has 1 saturated heterocycles. The number of fused-ring (bicyclic) bond motifs is 1. The molecule has 0 saturated carbocycles. The summed E-state index contributed by atoms with van der Waals surface area (Å²) in [5.41, 5.74) is 2.31. The molecule has 0 bridgehead atoms. The lowest BCUT2D eigenvalue weighted by molar-refractivity contribution is -0.117. The second-order valence-electron chi connectivity index (χ2n) is 8.15. The van der Waals surface area contributed by atoms with Crippen molar-refractivity contribution in [2.24, 2.45) is 0 Å². The Labute approximate surface area is 193 Å². The van der Waals surface area contributed by atoms with Crippen LogP contribution in [0, 0.1) is 13.8 Å². The van der Waals surface area contributed by atoms with Gasteiger partial charge in [0.2, 0.25) is 5.91 Å². The monoisotopic (exact) mass is 464 g/mol. The highest BCUT2D eigenvalue weighted by molar-refractivity contribution is 7.18. The zero-order chi connectivity index (χ0) is 22.2. The fraction of sp³-hybridized carbons (Fsp3) is 0.292. The Bertz CT molecular complexity index is 1340. The van der Waals surface area contributed by atoms with Gasteiger partial charge in [0.05, 0.1) is 11.9 Å². The SMILES string of the molecule is Cc1sc2nc(-c3cccc(NC(=O)CN4CCC[C@@H]4c4cccs4)c3)[nH]c(=O)c2c1C. The van der Waals surface area contributed by atoms with Crippen LogP contribution in [0.4, 0.5) is 5.69 Å². The predicted octanol–water partition coefficient (Wildman–Crippen LogP) is 5.11. The smallest absolute Gasteiger partial charge is 0.260 e. The van der Waals surface area contributed by atoms with E-state index in [1.54, 1.807) is 11.3 Å². The van der Waals surface area contributed by atoms with Crippen LogP contribution < -0.4 is 10.9 Å². The molecule has 2 N–H and O–H groups in total. The highest BCUT2D eigenvalue weighted by Gasteiger charge is 2.28. The minimum Gasteiger partial charge on any atom is -0.325 e. The highest BCUT2D eigenvalue weighted by Crippen LogP contribution is 2.34. The Morgan fingerprint density at radius 3 is 2.97 bits per heavy atom. The average molecular weight is 465 g/mol. The van der Waals surface area contributed by atoms with E-state index in [2.05, 4.69) is 37.7 Å². The molecule has 4 heterocycles. The molecule has 1 aliphatic rings. The van der Waals surface area contributed by atoms with E-state index in [4.69, 9.17) is 0 Å². The summed E-state index contributed by atoms with van der Waals surface area (Å²) in [5.74, 6) is 0.476. The molecular weight excluding hydrogens is 440 g/mol. The predicted molar refractivity (Wildman–Crippen MR) is 132 cm³/mol. The molecule has 6 nitrogen and oxygen atoms in total. The van der Waals surface area contributed by atoms with Gasteiger partial charge >= 0.3 is 0 Å². The van der Waals surface area contributed by atoms with Crippen molar-refractivity contribution in [3.8, 4) is 11.4 Å². The Morgan fingerprint density at radius 2 is 2.16 bits per heavy atom. The number of aromatic nitrogens is 2. The number of amides is 1. The van der Waals surface area contributed by atoms with Gasteiger partial charge < -0.3 is 10.3 Å². The van der Waals surface area contributed by atoms with Crippen LogP contribution in [0.1, 0.15) is 34.2 Å². The molecule has 1 aliphatic heterocycles. The molecule has 32 heavy (non-hydrogen) atoms. The molecule has 8 heteroatoms. The molecule has 5 rings (SSSR count). The maximum Gasteiger partial charge on any atom is 0.260 e. The summed E-state index contributed by atoms with van der Waals surface area (Å²) in [6.07, 6.45) is 2.20. The summed E-state index contributed by atoms with van der Waals surface area (Å²) >= 11 is 3.28. The fourth-order valence-corrected chi connectivity index (χ4v) is 6.26. The number of aryl methyl sites for hydroxylation is 2. The van der Waals surface area contributed by atoms with E-state index in [9.17, 15) is 9.59 Å². The zero-order valence-corrected chi connectivity index (χ0v) is 19.6. The maximum absolute atomic E-state index is 12.8. The molecule has 3 aromatic heterocycles. The van der Waals surface area contributed by atoms with Gasteiger partial charge in [-0.1, -0.05) is 18.2 Å². The molecule has 164 valence electrons. The average Bonchev–Trinajstić information content (AvgIpc) is 3.49. The molecule has 1 aromatic carbocycles. The summed E-state index contributed by atoms with van der Waals surface area (Å²) in [4.78, 5) is 38.4. The van der Waals surface area contributed by atoms with Crippen molar-refractivity contribution < 1.29 is 4.79 Å². The number of H-pyrrole nitrogens is 1. The van der Waals surface area contributed by atoms with Crippen molar-refractivity contribution in [1.29, 1.82) is 0 Å². The van der Waals surface area contributed by atoms with Gasteiger partial charge in [-0.05, 0) is 62.4 Å². The largest absolute Gasteiger partial charge is 0.325 e. The molecule has 0 radical (unpaired) electrons. The maximum atomic E-state index is 12.8. The Hall–Kier alpha value is -2.81. The normalized spacial score (nSPS) is 16.6. The van der Waals surface area contributed by atoms with Crippen LogP contribution in [-0.2, 0) is 4.79 Å². The van der Waals surface area contributed by atoms with E-state index in [0.29, 0.717) is 29.5 Å². The zero-order valence-electron chi connectivity index (χ0n) is 18.0. The molecule has 0 spiro atoms. The Morgan fingerprint density at radius 1 is 1.28 bits per heavy atom. The Balaban J connectivity index is 1.34. The third-order valence-electron chi connectivity index (χ3n) is 6.04. The lowest BCUT2D eigenvalue weighted by Crippen LogP contribution is -2.32. The number of aromatic amines is 1. The molecule has 0 unspecified atom stereocenters. The minimum absolute atomic E-state index is 0.0352. The van der Waals surface area contributed by atoms with Crippen LogP contribution in [-0.4, -0.2) is 33.9 Å². The Kier molecular flexibility index (Phi) is 5.67. The summed E-state index contributed by atoms with van der Waals surface area (Å²) in [5, 5.41) is 5.76. The van der Waals surface area contributed by atoms with Crippen LogP contribution in [0.25, 0.3) is 21.6 Å². The van der Waals surface area contributed by atoms with Gasteiger partial charge in [-0.3, -0.25) is 14.5 Å². The first-order chi connectivity index (χ1) is 15.5. The fourth-order valence-electron chi connectivity index (χ4n) is 4.34. The van der Waals surface area contributed by atoms with E-state index >= 15 is 0 Å². The van der Waals surface area contributed by atoms with Gasteiger partial charge in [0.1, 0.15) is 10.7 Å². The van der Waals surface area contributed by atoms with Crippen molar-refractivity contribution in [2.45, 2.75) is 32.7 Å². The number of benzene rings is 1. The van der Waals surface area contributed by atoms with Crippen LogP contribution in [0.5, 0.6) is 0 Å². The summed E-state index contributed by atoms with van der Waals surface area (Å²) < 4.78 is 0. The second-order valence-corrected chi connectivity index (χ2v) is 10.3. The first-order valence-corrected chi connectivity index (χ1v) is 12.4. The van der Waals surface area contributed by atoms with Crippen LogP contribution in [0.15, 0.2) is 46.6 Å². The lowest BCUT2D eigenvalue weighted by Gasteiger charge is -2.22. The van der Waals surface area contributed by atoms with Gasteiger partial charge in [0.15, 0.2) is 0 Å². The highest BCUT2D eigenvalue weighted by atomic mass is 32.1. The van der Waals surface area contributed by atoms with E-state index in [0.717, 1.165) is 40.2 Å². The number of nitrogens with zero attached hydrogens (tertiary/aromatic N) is 2. The standard InChI is InChI=1S/C24H24N4O2S2/c1-14-15(2)32-24-21(14)23(30)26-22(27-24)16-6-3-7-17(12-16)25-20(29)13-28-10-4-8-18(28)19-9-5-11-31-19/h3,5-7,9,11-12,18H,4,8,10,13H2,1-2H3,(H,25,29)(H,26,27,30)/t18-/m1/s1. The topological polar surface area (TPSA) is 78.1 Å². The van der Waals surface area contributed by atoms with E-state index in [-0.39, 0.29) is 11.5 Å². The number of hydrogen-bond donors (Lipinski definition) is 2. The number of rotatable bonds is 5. The third kappa shape index (κ3) is 4.01. The number of thiophene rings is 2. The number of anilines is 1. The van der Waals surface area contributed by atoms with E-state index < -0.39 is 0 Å². The second kappa shape index (κ2) is 8.61. The first kappa shape index (κ1) is 21.1. The lowest BCUT2D eigenvalue weighted by atomic mass is 10.1. The molecule has 1 amide bonds. The summed E-state index contributed by atoms with van der Waals surface area (Å²) in [6.45, 7) is 5.24. The first-order valence-electron chi connectivity index (χ1n) is 10.7. The van der Waals surface area contributed by atoms with E-state index in [1.807, 2.05) is 38.1 Å². The van der Waals surface area contributed by atoms with Gasteiger partial charge in [-0.15, -0.1) is 22.7 Å². The quantitative estimate of drug-likeness (QED) is 0.430. The van der Waals surface area contributed by atoms with Gasteiger partial charge in [0, 0.05) is 27.0 Å². The van der Waals surface area contributed by atoms with Crippen LogP contribution in [0.2, 0.25) is 0 Å². The van der Waals surface area contributed by atoms with Gasteiger partial charge in [-0.25, -0.2) is 4.98 Å². The third-order valence-corrected chi connectivity index (χ3v) is 8.12. The van der Waals surface area contributed by atoms with Crippen molar-refractivity contribution in [3.63, 3.8) is 0 Å². The molecule has 0 aliphatic carbocycles. The molecule has 4 aromatic rings. The van der Waals surface area contributed by atoms with Crippen molar-refractivity contribution in [3.05, 3.63) is 67.4 Å². The van der Waals surface area contributed by atoms with Gasteiger partial charge in [-0.2, -0.15) is 0 Å². The number of hydrogen-bond acceptors (Lipinski definition) is 6. The summed E-state index contributed by atoms with van der Waals surface area (Å²) in [7, 11) is 0. The van der Waals surface area contributed by atoms with Crippen LogP contribution in [0.3, 0.4) is 0 Å². The number of carbonyl (C=O) groups excluding carboxylic acids is 1. The molecule has 1 fully saturated rings. The van der Waals surface area contributed by atoms with Gasteiger partial charge in [0.25, 0.3) is 5.56 Å². The van der Waals surface area contributed by atoms with Crippen molar-refractivity contribution in [2.75, 3.05) is 18.4 Å². The number of carbonyl (C=O) groups is 1. The molecular formula is C24H24N4O2S2. The van der Waals surface area contributed by atoms with E-state index in [1.165, 1.54) is 16.2 Å². The number of likely N-dealkylation sites (tertiary alicyclic amines) is 1. The minimum atomic E-state index is -0.130.